The minimum absolute atomic E-state index is 0.115. The summed E-state index contributed by atoms with van der Waals surface area (Å²) in [5, 5.41) is 0.905. The highest BCUT2D eigenvalue weighted by atomic mass is 32.2. The quantitative estimate of drug-likeness (QED) is 0.582. The molecule has 4 nitrogen and oxygen atoms in total. The molecule has 0 saturated heterocycles. The van der Waals surface area contributed by atoms with Crippen LogP contribution in [0.15, 0.2) is 53.7 Å². The van der Waals surface area contributed by atoms with Gasteiger partial charge in [0.2, 0.25) is 5.91 Å². The molecule has 0 spiro atoms. The highest BCUT2D eigenvalue weighted by Gasteiger charge is 2.14. The Morgan fingerprint density at radius 2 is 1.77 bits per heavy atom. The van der Waals surface area contributed by atoms with Crippen LogP contribution in [0.2, 0.25) is 0 Å². The summed E-state index contributed by atoms with van der Waals surface area (Å²) in [6.07, 6.45) is 1.03. The van der Waals surface area contributed by atoms with Gasteiger partial charge in [0.05, 0.1) is 16.8 Å². The number of aryl methyl sites for hydroxylation is 2. The van der Waals surface area contributed by atoms with E-state index in [0.29, 0.717) is 12.3 Å². The van der Waals surface area contributed by atoms with Gasteiger partial charge < -0.3 is 9.47 Å². The average Bonchev–Trinajstić information content (AvgIpc) is 3.04. The molecular weight excluding hydrogens is 342 g/mol. The van der Waals surface area contributed by atoms with E-state index in [-0.39, 0.29) is 5.91 Å². The normalized spacial score (nSPS) is 11.0. The molecule has 1 amide bonds. The number of aromatic nitrogens is 2. The SMILES string of the molecule is CCc1ccc(CN(C)C(=O)CSc2nc3ccccc3n2CC)cc1. The van der Waals surface area contributed by atoms with Crippen LogP contribution in [0.1, 0.15) is 25.0 Å². The predicted octanol–water partition coefficient (Wildman–Crippen LogP) is 4.37. The van der Waals surface area contributed by atoms with E-state index in [9.17, 15) is 4.79 Å². The number of para-hydroxylation sites is 2. The second-order valence-electron chi connectivity index (χ2n) is 6.34. The molecule has 0 aliphatic carbocycles. The van der Waals surface area contributed by atoms with E-state index < -0.39 is 0 Å². The number of nitrogens with zero attached hydrogens (tertiary/aromatic N) is 3. The van der Waals surface area contributed by atoms with Crippen molar-refractivity contribution >= 4 is 28.7 Å². The van der Waals surface area contributed by atoms with Gasteiger partial charge in [-0.1, -0.05) is 55.1 Å². The highest BCUT2D eigenvalue weighted by Crippen LogP contribution is 2.24. The zero-order valence-electron chi connectivity index (χ0n) is 15.6. The first-order valence-corrected chi connectivity index (χ1v) is 10.0. The highest BCUT2D eigenvalue weighted by molar-refractivity contribution is 7.99. The van der Waals surface area contributed by atoms with Gasteiger partial charge in [-0.05, 0) is 36.6 Å². The van der Waals surface area contributed by atoms with Gasteiger partial charge >= 0.3 is 0 Å². The third kappa shape index (κ3) is 4.10. The summed E-state index contributed by atoms with van der Waals surface area (Å²) < 4.78 is 2.16. The van der Waals surface area contributed by atoms with Crippen LogP contribution in [0.4, 0.5) is 0 Å². The largest absolute Gasteiger partial charge is 0.341 e. The first kappa shape index (κ1) is 18.5. The van der Waals surface area contributed by atoms with Crippen molar-refractivity contribution in [3.05, 3.63) is 59.7 Å². The van der Waals surface area contributed by atoms with Gasteiger partial charge in [0, 0.05) is 20.1 Å². The van der Waals surface area contributed by atoms with Gasteiger partial charge in [0.25, 0.3) is 0 Å². The molecule has 1 aromatic heterocycles. The number of hydrogen-bond donors (Lipinski definition) is 0. The lowest BCUT2D eigenvalue weighted by atomic mass is 10.1. The molecule has 136 valence electrons. The Morgan fingerprint density at radius 1 is 1.08 bits per heavy atom. The number of amides is 1. The van der Waals surface area contributed by atoms with Crippen molar-refractivity contribution in [2.24, 2.45) is 0 Å². The Labute approximate surface area is 159 Å². The Balaban J connectivity index is 1.62. The molecule has 0 unspecified atom stereocenters. The molecule has 5 heteroatoms. The van der Waals surface area contributed by atoms with E-state index in [1.807, 2.05) is 25.2 Å². The maximum absolute atomic E-state index is 12.5. The van der Waals surface area contributed by atoms with E-state index in [4.69, 9.17) is 0 Å². The van der Waals surface area contributed by atoms with Crippen LogP contribution >= 0.6 is 11.8 Å². The molecule has 2 aromatic carbocycles. The minimum Gasteiger partial charge on any atom is -0.341 e. The van der Waals surface area contributed by atoms with Gasteiger partial charge in [-0.2, -0.15) is 0 Å². The Hall–Kier alpha value is -2.27. The van der Waals surface area contributed by atoms with E-state index in [0.717, 1.165) is 34.7 Å². The van der Waals surface area contributed by atoms with Crippen molar-refractivity contribution in [2.75, 3.05) is 12.8 Å². The third-order valence-electron chi connectivity index (χ3n) is 4.54. The number of carbonyl (C=O) groups is 1. The third-order valence-corrected chi connectivity index (χ3v) is 5.50. The summed E-state index contributed by atoms with van der Waals surface area (Å²) in [6, 6.07) is 16.6. The summed E-state index contributed by atoms with van der Waals surface area (Å²) in [7, 11) is 1.86. The molecule has 0 aliphatic heterocycles. The van der Waals surface area contributed by atoms with Crippen LogP contribution in [0.3, 0.4) is 0 Å². The molecule has 0 fully saturated rings. The molecule has 0 radical (unpaired) electrons. The molecule has 0 aliphatic rings. The fourth-order valence-corrected chi connectivity index (χ4v) is 3.97. The number of rotatable bonds is 7. The lowest BCUT2D eigenvalue weighted by molar-refractivity contribution is -0.127. The lowest BCUT2D eigenvalue weighted by Gasteiger charge is -2.17. The second kappa shape index (κ2) is 8.41. The molecule has 0 saturated carbocycles. The smallest absolute Gasteiger partial charge is 0.233 e. The number of thioether (sulfide) groups is 1. The van der Waals surface area contributed by atoms with Crippen LogP contribution in [0.5, 0.6) is 0 Å². The fraction of sp³-hybridized carbons (Fsp3) is 0.333. The zero-order valence-corrected chi connectivity index (χ0v) is 16.4. The van der Waals surface area contributed by atoms with E-state index in [2.05, 4.69) is 53.7 Å². The first-order chi connectivity index (χ1) is 12.6. The average molecular weight is 368 g/mol. The predicted molar refractivity (Wildman–Crippen MR) is 108 cm³/mol. The Morgan fingerprint density at radius 3 is 2.46 bits per heavy atom. The van der Waals surface area contributed by atoms with Crippen LogP contribution in [-0.2, 0) is 24.3 Å². The molecule has 3 aromatic rings. The first-order valence-electron chi connectivity index (χ1n) is 9.02. The van der Waals surface area contributed by atoms with E-state index >= 15 is 0 Å². The van der Waals surface area contributed by atoms with Crippen molar-refractivity contribution in [1.29, 1.82) is 0 Å². The molecule has 0 atom stereocenters. The van der Waals surface area contributed by atoms with Crippen LogP contribution in [0, 0.1) is 0 Å². The molecule has 1 heterocycles. The lowest BCUT2D eigenvalue weighted by Crippen LogP contribution is -2.27. The summed E-state index contributed by atoms with van der Waals surface area (Å²) in [5.41, 5.74) is 4.57. The van der Waals surface area contributed by atoms with Crippen LogP contribution in [0.25, 0.3) is 11.0 Å². The standard InChI is InChI=1S/C21H25N3OS/c1-4-16-10-12-17(13-11-16)14-23(3)20(25)15-26-21-22-18-8-6-7-9-19(18)24(21)5-2/h6-13H,4-5,14-15H2,1-3H3. The Kier molecular flexibility index (Phi) is 5.99. The molecule has 3 rings (SSSR count). The number of imidazole rings is 1. The number of hydrogen-bond acceptors (Lipinski definition) is 3. The number of carbonyl (C=O) groups excluding carboxylic acids is 1. The van der Waals surface area contributed by atoms with Gasteiger partial charge in [-0.3, -0.25) is 4.79 Å². The molecular formula is C21H25N3OS. The topological polar surface area (TPSA) is 38.1 Å². The monoisotopic (exact) mass is 367 g/mol. The maximum atomic E-state index is 12.5. The van der Waals surface area contributed by atoms with Gasteiger partial charge in [-0.15, -0.1) is 0 Å². The van der Waals surface area contributed by atoms with Crippen LogP contribution in [-0.4, -0.2) is 33.2 Å². The maximum Gasteiger partial charge on any atom is 0.233 e. The van der Waals surface area contributed by atoms with Gasteiger partial charge in [-0.25, -0.2) is 4.98 Å². The van der Waals surface area contributed by atoms with Crippen molar-refractivity contribution in [3.8, 4) is 0 Å². The summed E-state index contributed by atoms with van der Waals surface area (Å²) in [5.74, 6) is 0.511. The number of benzene rings is 2. The second-order valence-corrected chi connectivity index (χ2v) is 7.28. The van der Waals surface area contributed by atoms with Crippen molar-refractivity contribution < 1.29 is 4.79 Å². The molecule has 26 heavy (non-hydrogen) atoms. The van der Waals surface area contributed by atoms with Gasteiger partial charge in [0.15, 0.2) is 5.16 Å². The Bertz CT molecular complexity index is 886. The number of fused-ring (bicyclic) bond motifs is 1. The van der Waals surface area contributed by atoms with Gasteiger partial charge in [0.1, 0.15) is 0 Å². The zero-order chi connectivity index (χ0) is 18.5. The van der Waals surface area contributed by atoms with E-state index in [1.54, 1.807) is 4.90 Å². The fourth-order valence-electron chi connectivity index (χ4n) is 2.95. The van der Waals surface area contributed by atoms with Crippen LogP contribution < -0.4 is 0 Å². The van der Waals surface area contributed by atoms with Crippen molar-refractivity contribution in [3.63, 3.8) is 0 Å². The van der Waals surface area contributed by atoms with E-state index in [1.165, 1.54) is 17.3 Å². The molecule has 0 bridgehead atoms. The van der Waals surface area contributed by atoms with Crippen molar-refractivity contribution in [1.82, 2.24) is 14.5 Å². The summed E-state index contributed by atoms with van der Waals surface area (Å²) in [6.45, 7) is 5.72. The molecule has 0 N–H and O–H groups in total. The summed E-state index contributed by atoms with van der Waals surface area (Å²) in [4.78, 5) is 19.0. The van der Waals surface area contributed by atoms with Crippen molar-refractivity contribution in [2.45, 2.75) is 38.5 Å². The summed E-state index contributed by atoms with van der Waals surface area (Å²) >= 11 is 1.51. The minimum atomic E-state index is 0.115.